The predicted octanol–water partition coefficient (Wildman–Crippen LogP) is 4.80. The summed E-state index contributed by atoms with van der Waals surface area (Å²) in [6, 6.07) is 17.2. The maximum absolute atomic E-state index is 11.1. The molecule has 0 radical (unpaired) electrons. The lowest BCUT2D eigenvalue weighted by atomic mass is 10.1. The third-order valence-electron chi connectivity index (χ3n) is 4.34. The normalized spacial score (nSPS) is 11.4. The van der Waals surface area contributed by atoms with Crippen molar-refractivity contribution in [3.63, 3.8) is 0 Å². The number of nitrogens with zero attached hydrogens (tertiary/aromatic N) is 3. The third-order valence-corrected chi connectivity index (χ3v) is 4.34. The van der Waals surface area contributed by atoms with Crippen LogP contribution in [0, 0.1) is 21.4 Å². The molecule has 0 saturated heterocycles. The Hall–Kier alpha value is -4.38. The zero-order valence-electron chi connectivity index (χ0n) is 15.2. The molecule has 8 heteroatoms. The highest BCUT2D eigenvalue weighted by Gasteiger charge is 2.16. The molecule has 0 amide bonds. The number of H-pyrrole nitrogens is 1. The number of aromatic nitrogens is 2. The van der Waals surface area contributed by atoms with Crippen LogP contribution in [-0.2, 0) is 0 Å². The van der Waals surface area contributed by atoms with E-state index < -0.39 is 4.92 Å². The summed E-state index contributed by atoms with van der Waals surface area (Å²) in [4.78, 5) is 18.1. The molecule has 4 aromatic rings. The Bertz CT molecular complexity index is 1260. The van der Waals surface area contributed by atoms with E-state index in [1.807, 2.05) is 24.3 Å². The molecule has 0 aliphatic rings. The summed E-state index contributed by atoms with van der Waals surface area (Å²) in [5, 5.41) is 20.6. The number of imidazole rings is 1. The van der Waals surface area contributed by atoms with E-state index in [-0.39, 0.29) is 5.69 Å². The second kappa shape index (κ2) is 7.32. The summed E-state index contributed by atoms with van der Waals surface area (Å²) in [5.41, 5.74) is 2.25. The number of hydrogen-bond acceptors (Lipinski definition) is 6. The number of hydrogen-bond donors (Lipinski definition) is 1. The third kappa shape index (κ3) is 3.44. The number of non-ortho nitro benzene ring substituents is 1. The standard InChI is InChI=1S/C21H14N4O4/c1-28-19-8-6-14(25(26)27)11-16(19)20-9-7-15(29-20)10-13(12-22)21-23-17-4-2-3-5-18(17)24-21/h2-11H,1H3,(H,23,24). The maximum atomic E-state index is 11.1. The Balaban J connectivity index is 1.72. The van der Waals surface area contributed by atoms with Crippen molar-refractivity contribution in [2.24, 2.45) is 0 Å². The minimum Gasteiger partial charge on any atom is -0.496 e. The van der Waals surface area contributed by atoms with E-state index in [1.165, 1.54) is 25.3 Å². The Labute approximate surface area is 164 Å². The molecule has 0 unspecified atom stereocenters. The number of nitriles is 1. The molecule has 0 aliphatic heterocycles. The highest BCUT2D eigenvalue weighted by atomic mass is 16.6. The van der Waals surface area contributed by atoms with Gasteiger partial charge >= 0.3 is 0 Å². The molecule has 29 heavy (non-hydrogen) atoms. The van der Waals surface area contributed by atoms with Gasteiger partial charge in [-0.2, -0.15) is 5.26 Å². The zero-order chi connectivity index (χ0) is 20.4. The zero-order valence-corrected chi connectivity index (χ0v) is 15.2. The van der Waals surface area contributed by atoms with Crippen LogP contribution in [0.2, 0.25) is 0 Å². The van der Waals surface area contributed by atoms with Gasteiger partial charge in [-0.1, -0.05) is 12.1 Å². The first-order chi connectivity index (χ1) is 14.1. The topological polar surface area (TPSA) is 118 Å². The van der Waals surface area contributed by atoms with Crippen molar-refractivity contribution in [1.29, 1.82) is 5.26 Å². The average Bonchev–Trinajstić information content (AvgIpc) is 3.38. The number of rotatable bonds is 5. The van der Waals surface area contributed by atoms with Gasteiger partial charge in [0.1, 0.15) is 29.2 Å². The van der Waals surface area contributed by atoms with E-state index in [0.717, 1.165) is 11.0 Å². The second-order valence-electron chi connectivity index (χ2n) is 6.12. The van der Waals surface area contributed by atoms with Gasteiger partial charge in [0.15, 0.2) is 0 Å². The molecule has 0 fully saturated rings. The fraction of sp³-hybridized carbons (Fsp3) is 0.0476. The Morgan fingerprint density at radius 2 is 2.10 bits per heavy atom. The summed E-state index contributed by atoms with van der Waals surface area (Å²) in [5.74, 6) is 1.67. The molecule has 2 heterocycles. The van der Waals surface area contributed by atoms with Crippen LogP contribution in [-0.4, -0.2) is 22.0 Å². The smallest absolute Gasteiger partial charge is 0.270 e. The average molecular weight is 386 g/mol. The van der Waals surface area contributed by atoms with Gasteiger partial charge in [-0.3, -0.25) is 10.1 Å². The lowest BCUT2D eigenvalue weighted by Crippen LogP contribution is -1.91. The molecule has 0 saturated carbocycles. The SMILES string of the molecule is COc1ccc([N+](=O)[O-])cc1-c1ccc(C=C(C#N)c2nc3ccccc3[nH]2)o1. The van der Waals surface area contributed by atoms with E-state index in [0.29, 0.717) is 34.2 Å². The van der Waals surface area contributed by atoms with Crippen molar-refractivity contribution in [2.45, 2.75) is 0 Å². The molecule has 0 atom stereocenters. The summed E-state index contributed by atoms with van der Waals surface area (Å²) >= 11 is 0. The Kier molecular flexibility index (Phi) is 4.55. The van der Waals surface area contributed by atoms with Crippen molar-refractivity contribution in [3.05, 3.63) is 76.3 Å². The number of allylic oxidation sites excluding steroid dienone is 1. The molecule has 2 aromatic heterocycles. The molecule has 8 nitrogen and oxygen atoms in total. The van der Waals surface area contributed by atoms with Crippen molar-refractivity contribution in [1.82, 2.24) is 9.97 Å². The van der Waals surface area contributed by atoms with E-state index in [2.05, 4.69) is 16.0 Å². The number of para-hydroxylation sites is 2. The number of furan rings is 1. The number of nitrogens with one attached hydrogen (secondary N) is 1. The van der Waals surface area contributed by atoms with Gasteiger partial charge in [-0.15, -0.1) is 0 Å². The number of nitro benzene ring substituents is 1. The minimum absolute atomic E-state index is 0.0747. The van der Waals surface area contributed by atoms with Crippen molar-refractivity contribution in [3.8, 4) is 23.1 Å². The van der Waals surface area contributed by atoms with Crippen LogP contribution in [0.25, 0.3) is 34.0 Å². The fourth-order valence-electron chi connectivity index (χ4n) is 2.95. The number of methoxy groups -OCH3 is 1. The van der Waals surface area contributed by atoms with Gasteiger partial charge in [-0.25, -0.2) is 4.98 Å². The largest absolute Gasteiger partial charge is 0.496 e. The van der Waals surface area contributed by atoms with E-state index in [1.54, 1.807) is 18.2 Å². The lowest BCUT2D eigenvalue weighted by molar-refractivity contribution is -0.384. The van der Waals surface area contributed by atoms with Crippen molar-refractivity contribution < 1.29 is 14.1 Å². The van der Waals surface area contributed by atoms with Crippen LogP contribution in [0.5, 0.6) is 5.75 Å². The van der Waals surface area contributed by atoms with Gasteiger partial charge in [-0.05, 0) is 30.3 Å². The highest BCUT2D eigenvalue weighted by molar-refractivity contribution is 5.89. The van der Waals surface area contributed by atoms with Crippen LogP contribution in [0.1, 0.15) is 11.6 Å². The van der Waals surface area contributed by atoms with Crippen LogP contribution >= 0.6 is 0 Å². The van der Waals surface area contributed by atoms with Crippen LogP contribution in [0.3, 0.4) is 0 Å². The molecule has 1 N–H and O–H groups in total. The Morgan fingerprint density at radius 1 is 1.28 bits per heavy atom. The maximum Gasteiger partial charge on any atom is 0.270 e. The van der Waals surface area contributed by atoms with Gasteiger partial charge in [0.2, 0.25) is 0 Å². The molecular formula is C21H14N4O4. The van der Waals surface area contributed by atoms with E-state index in [9.17, 15) is 15.4 Å². The van der Waals surface area contributed by atoms with Crippen LogP contribution in [0.4, 0.5) is 5.69 Å². The number of ether oxygens (including phenoxy) is 1. The summed E-state index contributed by atoms with van der Waals surface area (Å²) < 4.78 is 11.1. The molecule has 4 rings (SSSR count). The summed E-state index contributed by atoms with van der Waals surface area (Å²) in [7, 11) is 1.48. The summed E-state index contributed by atoms with van der Waals surface area (Å²) in [6.45, 7) is 0. The van der Waals surface area contributed by atoms with Crippen molar-refractivity contribution >= 4 is 28.4 Å². The fourth-order valence-corrected chi connectivity index (χ4v) is 2.95. The minimum atomic E-state index is -0.484. The van der Waals surface area contributed by atoms with E-state index in [4.69, 9.17) is 9.15 Å². The van der Waals surface area contributed by atoms with Crippen LogP contribution < -0.4 is 4.74 Å². The highest BCUT2D eigenvalue weighted by Crippen LogP contribution is 2.35. The number of nitro groups is 1. The molecule has 0 spiro atoms. The predicted molar refractivity (Wildman–Crippen MR) is 107 cm³/mol. The molecule has 0 bridgehead atoms. The first kappa shape index (κ1) is 18.0. The summed E-state index contributed by atoms with van der Waals surface area (Å²) in [6.07, 6.45) is 1.56. The van der Waals surface area contributed by atoms with Gasteiger partial charge in [0, 0.05) is 18.2 Å². The van der Waals surface area contributed by atoms with Crippen molar-refractivity contribution in [2.75, 3.05) is 7.11 Å². The molecule has 0 aliphatic carbocycles. The first-order valence-electron chi connectivity index (χ1n) is 8.58. The number of fused-ring (bicyclic) bond motifs is 1. The van der Waals surface area contributed by atoms with Gasteiger partial charge in [0.25, 0.3) is 5.69 Å². The van der Waals surface area contributed by atoms with Gasteiger partial charge < -0.3 is 14.1 Å². The quantitative estimate of drug-likeness (QED) is 0.299. The van der Waals surface area contributed by atoms with Crippen LogP contribution in [0.15, 0.2) is 59.0 Å². The Morgan fingerprint density at radius 3 is 2.83 bits per heavy atom. The molecular weight excluding hydrogens is 372 g/mol. The molecule has 142 valence electrons. The first-order valence-corrected chi connectivity index (χ1v) is 8.58. The van der Waals surface area contributed by atoms with E-state index >= 15 is 0 Å². The molecule has 2 aromatic carbocycles. The number of benzene rings is 2. The van der Waals surface area contributed by atoms with Gasteiger partial charge in [0.05, 0.1) is 34.2 Å². The monoisotopic (exact) mass is 386 g/mol. The lowest BCUT2D eigenvalue weighted by Gasteiger charge is -2.05. The number of aromatic amines is 1. The second-order valence-corrected chi connectivity index (χ2v) is 6.12.